The summed E-state index contributed by atoms with van der Waals surface area (Å²) in [5.74, 6) is 1.43. The Morgan fingerprint density at radius 3 is 2.70 bits per heavy atom. The van der Waals surface area contributed by atoms with Crippen LogP contribution < -0.4 is 10.1 Å². The molecule has 0 saturated heterocycles. The lowest BCUT2D eigenvalue weighted by Crippen LogP contribution is -2.22. The SMILES string of the molecule is Cc1nn(C)c(C)c1Oc1ncccc1CNC(C)C. The Hall–Kier alpha value is -1.88. The molecule has 0 radical (unpaired) electrons. The molecule has 2 heterocycles. The summed E-state index contributed by atoms with van der Waals surface area (Å²) >= 11 is 0. The van der Waals surface area contributed by atoms with Crippen LogP contribution in [0.5, 0.6) is 11.6 Å². The second-order valence-electron chi connectivity index (χ2n) is 5.23. The van der Waals surface area contributed by atoms with Gasteiger partial charge in [-0.1, -0.05) is 19.9 Å². The van der Waals surface area contributed by atoms with Crippen molar-refractivity contribution in [3.63, 3.8) is 0 Å². The number of aryl methyl sites for hydroxylation is 2. The molecule has 0 unspecified atom stereocenters. The minimum Gasteiger partial charge on any atom is -0.435 e. The molecule has 0 aromatic carbocycles. The van der Waals surface area contributed by atoms with E-state index in [2.05, 4.69) is 29.2 Å². The van der Waals surface area contributed by atoms with Crippen LogP contribution in [0.25, 0.3) is 0 Å². The third-order valence-electron chi connectivity index (χ3n) is 3.19. The molecule has 2 aromatic heterocycles. The van der Waals surface area contributed by atoms with Gasteiger partial charge in [0.05, 0.1) is 5.69 Å². The summed E-state index contributed by atoms with van der Waals surface area (Å²) in [6.07, 6.45) is 1.75. The highest BCUT2D eigenvalue weighted by atomic mass is 16.5. The molecule has 108 valence electrons. The van der Waals surface area contributed by atoms with E-state index in [9.17, 15) is 0 Å². The summed E-state index contributed by atoms with van der Waals surface area (Å²) in [4.78, 5) is 4.34. The van der Waals surface area contributed by atoms with Crippen LogP contribution in [-0.4, -0.2) is 20.8 Å². The van der Waals surface area contributed by atoms with Gasteiger partial charge in [0, 0.05) is 31.4 Å². The molecular weight excluding hydrogens is 252 g/mol. The van der Waals surface area contributed by atoms with E-state index in [4.69, 9.17) is 4.74 Å². The van der Waals surface area contributed by atoms with Gasteiger partial charge in [-0.3, -0.25) is 4.68 Å². The van der Waals surface area contributed by atoms with E-state index in [0.29, 0.717) is 11.9 Å². The molecule has 0 saturated carbocycles. The molecule has 2 aromatic rings. The molecule has 0 aliphatic rings. The van der Waals surface area contributed by atoms with Crippen molar-refractivity contribution in [3.8, 4) is 11.6 Å². The second-order valence-corrected chi connectivity index (χ2v) is 5.23. The maximum Gasteiger partial charge on any atom is 0.223 e. The number of pyridine rings is 1. The minimum absolute atomic E-state index is 0.421. The van der Waals surface area contributed by atoms with Crippen molar-refractivity contribution in [2.24, 2.45) is 7.05 Å². The average molecular weight is 274 g/mol. The van der Waals surface area contributed by atoms with E-state index in [-0.39, 0.29) is 0 Å². The largest absolute Gasteiger partial charge is 0.435 e. The first kappa shape index (κ1) is 14.5. The number of nitrogens with zero attached hydrogens (tertiary/aromatic N) is 3. The first-order valence-corrected chi connectivity index (χ1v) is 6.84. The van der Waals surface area contributed by atoms with Gasteiger partial charge in [0.1, 0.15) is 5.69 Å². The number of aromatic nitrogens is 3. The maximum absolute atomic E-state index is 5.99. The average Bonchev–Trinajstić information content (AvgIpc) is 2.64. The van der Waals surface area contributed by atoms with Crippen molar-refractivity contribution in [1.82, 2.24) is 20.1 Å². The Kier molecular flexibility index (Phi) is 4.39. The van der Waals surface area contributed by atoms with E-state index in [0.717, 1.165) is 29.2 Å². The lowest BCUT2D eigenvalue weighted by Gasteiger charge is -2.12. The first-order valence-electron chi connectivity index (χ1n) is 6.84. The van der Waals surface area contributed by atoms with Crippen LogP contribution in [-0.2, 0) is 13.6 Å². The maximum atomic E-state index is 5.99. The van der Waals surface area contributed by atoms with Crippen LogP contribution in [0.2, 0.25) is 0 Å². The molecule has 5 nitrogen and oxygen atoms in total. The molecule has 2 rings (SSSR count). The predicted octanol–water partition coefficient (Wildman–Crippen LogP) is 2.72. The highest BCUT2D eigenvalue weighted by molar-refractivity contribution is 5.37. The van der Waals surface area contributed by atoms with E-state index < -0.39 is 0 Å². The van der Waals surface area contributed by atoms with Crippen LogP contribution in [0, 0.1) is 13.8 Å². The highest BCUT2D eigenvalue weighted by Crippen LogP contribution is 2.28. The van der Waals surface area contributed by atoms with Crippen LogP contribution in [0.3, 0.4) is 0 Å². The van der Waals surface area contributed by atoms with Crippen molar-refractivity contribution in [1.29, 1.82) is 0 Å². The van der Waals surface area contributed by atoms with Gasteiger partial charge in [-0.05, 0) is 19.9 Å². The number of hydrogen-bond donors (Lipinski definition) is 1. The third kappa shape index (κ3) is 3.17. The molecule has 0 atom stereocenters. The van der Waals surface area contributed by atoms with Gasteiger partial charge in [-0.2, -0.15) is 5.10 Å². The summed E-state index contributed by atoms with van der Waals surface area (Å²) in [6, 6.07) is 4.37. The van der Waals surface area contributed by atoms with E-state index in [1.54, 1.807) is 6.20 Å². The summed E-state index contributed by atoms with van der Waals surface area (Å²) in [6.45, 7) is 8.90. The van der Waals surface area contributed by atoms with Crippen LogP contribution >= 0.6 is 0 Å². The summed E-state index contributed by atoms with van der Waals surface area (Å²) in [5.41, 5.74) is 2.91. The van der Waals surface area contributed by atoms with E-state index in [1.165, 1.54) is 0 Å². The molecule has 0 bridgehead atoms. The summed E-state index contributed by atoms with van der Waals surface area (Å²) in [7, 11) is 1.91. The Morgan fingerprint density at radius 2 is 2.10 bits per heavy atom. The summed E-state index contributed by atoms with van der Waals surface area (Å²) < 4.78 is 7.81. The van der Waals surface area contributed by atoms with Crippen molar-refractivity contribution in [2.75, 3.05) is 0 Å². The topological polar surface area (TPSA) is 52.0 Å². The van der Waals surface area contributed by atoms with Gasteiger partial charge in [0.25, 0.3) is 0 Å². The minimum atomic E-state index is 0.421. The fourth-order valence-corrected chi connectivity index (χ4v) is 1.96. The Bertz CT molecular complexity index is 590. The van der Waals surface area contributed by atoms with Gasteiger partial charge in [-0.25, -0.2) is 4.98 Å². The number of nitrogens with one attached hydrogen (secondary N) is 1. The monoisotopic (exact) mass is 274 g/mol. The van der Waals surface area contributed by atoms with Crippen LogP contribution in [0.1, 0.15) is 30.8 Å². The van der Waals surface area contributed by atoms with Crippen molar-refractivity contribution >= 4 is 0 Å². The van der Waals surface area contributed by atoms with Crippen LogP contribution in [0.15, 0.2) is 18.3 Å². The smallest absolute Gasteiger partial charge is 0.223 e. The van der Waals surface area contributed by atoms with Gasteiger partial charge < -0.3 is 10.1 Å². The summed E-state index contributed by atoms with van der Waals surface area (Å²) in [5, 5.41) is 7.74. The zero-order chi connectivity index (χ0) is 14.7. The fourth-order valence-electron chi connectivity index (χ4n) is 1.96. The molecule has 0 fully saturated rings. The normalized spacial score (nSPS) is 11.1. The van der Waals surface area contributed by atoms with E-state index >= 15 is 0 Å². The van der Waals surface area contributed by atoms with Crippen molar-refractivity contribution in [2.45, 2.75) is 40.3 Å². The molecule has 0 aliphatic heterocycles. The molecule has 5 heteroatoms. The molecule has 1 N–H and O–H groups in total. The Balaban J connectivity index is 2.24. The first-order chi connectivity index (χ1) is 9.49. The fraction of sp³-hybridized carbons (Fsp3) is 0.467. The number of ether oxygens (including phenoxy) is 1. The van der Waals surface area contributed by atoms with E-state index in [1.807, 2.05) is 37.7 Å². The zero-order valence-corrected chi connectivity index (χ0v) is 12.8. The standard InChI is InChI=1S/C15H22N4O/c1-10(2)17-9-13-7-6-8-16-15(13)20-14-11(3)18-19(5)12(14)4/h6-8,10,17H,9H2,1-5H3. The van der Waals surface area contributed by atoms with Gasteiger partial charge in [0.2, 0.25) is 5.88 Å². The molecular formula is C15H22N4O. The molecule has 0 amide bonds. The van der Waals surface area contributed by atoms with Gasteiger partial charge in [-0.15, -0.1) is 0 Å². The molecule has 0 spiro atoms. The van der Waals surface area contributed by atoms with Crippen molar-refractivity contribution < 1.29 is 4.74 Å². The Labute approximate surface area is 120 Å². The Morgan fingerprint density at radius 1 is 1.35 bits per heavy atom. The molecule has 0 aliphatic carbocycles. The highest BCUT2D eigenvalue weighted by Gasteiger charge is 2.14. The number of rotatable bonds is 5. The quantitative estimate of drug-likeness (QED) is 0.911. The van der Waals surface area contributed by atoms with Gasteiger partial charge in [0.15, 0.2) is 5.75 Å². The lowest BCUT2D eigenvalue weighted by molar-refractivity contribution is 0.443. The zero-order valence-electron chi connectivity index (χ0n) is 12.8. The predicted molar refractivity (Wildman–Crippen MR) is 79.0 cm³/mol. The second kappa shape index (κ2) is 6.05. The van der Waals surface area contributed by atoms with Crippen molar-refractivity contribution in [3.05, 3.63) is 35.3 Å². The lowest BCUT2D eigenvalue weighted by atomic mass is 10.2. The van der Waals surface area contributed by atoms with Gasteiger partial charge >= 0.3 is 0 Å². The number of hydrogen-bond acceptors (Lipinski definition) is 4. The third-order valence-corrected chi connectivity index (χ3v) is 3.19. The van der Waals surface area contributed by atoms with Crippen LogP contribution in [0.4, 0.5) is 0 Å². The molecule has 20 heavy (non-hydrogen) atoms.